The van der Waals surface area contributed by atoms with Crippen LogP contribution in [-0.2, 0) is 21.4 Å². The van der Waals surface area contributed by atoms with Gasteiger partial charge in [-0.3, -0.25) is 4.79 Å². The summed E-state index contributed by atoms with van der Waals surface area (Å²) in [6.07, 6.45) is 4.90. The minimum Gasteiger partial charge on any atom is -0.497 e. The van der Waals surface area contributed by atoms with E-state index in [1.165, 1.54) is 11.1 Å². The van der Waals surface area contributed by atoms with Crippen molar-refractivity contribution in [3.05, 3.63) is 29.3 Å². The normalized spacial score (nSPS) is 36.2. The maximum absolute atomic E-state index is 12.6. The number of rotatable bonds is 2. The SMILES string of the molecule is COc1ccc2c(c1)[C@]13CCN(C#N)[C@H](C2)C1(OC)[C@@H](C)CC(=O)C3. The number of likely N-dealkylation sites (tertiary alicyclic amines) is 1. The first-order valence-electron chi connectivity index (χ1n) is 8.93. The molecule has 0 aromatic heterocycles. The van der Waals surface area contributed by atoms with Crippen molar-refractivity contribution in [3.63, 3.8) is 0 Å². The lowest BCUT2D eigenvalue weighted by molar-refractivity contribution is -0.201. The molecule has 5 nitrogen and oxygen atoms in total. The number of piperidine rings is 1. The Morgan fingerprint density at radius 1 is 1.32 bits per heavy atom. The fourth-order valence-corrected chi connectivity index (χ4v) is 6.01. The van der Waals surface area contributed by atoms with E-state index in [4.69, 9.17) is 9.47 Å². The molecule has 1 aliphatic heterocycles. The first-order chi connectivity index (χ1) is 12.0. The molecule has 0 amide bonds. The van der Waals surface area contributed by atoms with Crippen molar-refractivity contribution < 1.29 is 14.3 Å². The number of hydrogen-bond acceptors (Lipinski definition) is 5. The molecule has 4 atom stereocenters. The quantitative estimate of drug-likeness (QED) is 0.774. The van der Waals surface area contributed by atoms with Gasteiger partial charge in [-0.2, -0.15) is 5.26 Å². The molecule has 2 aliphatic carbocycles. The van der Waals surface area contributed by atoms with Crippen molar-refractivity contribution in [1.29, 1.82) is 5.26 Å². The predicted octanol–water partition coefficient (Wildman–Crippen LogP) is 2.43. The molecular formula is C20H24N2O3. The summed E-state index contributed by atoms with van der Waals surface area (Å²) in [5.41, 5.74) is 1.49. The van der Waals surface area contributed by atoms with Gasteiger partial charge in [-0.05, 0) is 42.0 Å². The van der Waals surface area contributed by atoms with Crippen molar-refractivity contribution in [3.8, 4) is 11.9 Å². The molecule has 132 valence electrons. The number of carbonyl (C=O) groups excluding carboxylic acids is 1. The van der Waals surface area contributed by atoms with Gasteiger partial charge in [0.15, 0.2) is 6.19 Å². The monoisotopic (exact) mass is 340 g/mol. The van der Waals surface area contributed by atoms with Gasteiger partial charge < -0.3 is 14.4 Å². The van der Waals surface area contributed by atoms with E-state index in [0.717, 1.165) is 18.6 Å². The highest BCUT2D eigenvalue weighted by molar-refractivity contribution is 5.83. The van der Waals surface area contributed by atoms with E-state index in [0.29, 0.717) is 25.2 Å². The summed E-state index contributed by atoms with van der Waals surface area (Å²) in [5.74, 6) is 1.17. The summed E-state index contributed by atoms with van der Waals surface area (Å²) >= 11 is 0. The predicted molar refractivity (Wildman–Crippen MR) is 92.2 cm³/mol. The van der Waals surface area contributed by atoms with Crippen LogP contribution in [0, 0.1) is 17.4 Å². The van der Waals surface area contributed by atoms with Gasteiger partial charge in [-0.1, -0.05) is 13.0 Å². The Balaban J connectivity index is 2.01. The molecule has 1 aromatic carbocycles. The number of hydrogen-bond donors (Lipinski definition) is 0. The van der Waals surface area contributed by atoms with Gasteiger partial charge in [-0.25, -0.2) is 0 Å². The second-order valence-corrected chi connectivity index (χ2v) is 7.69. The van der Waals surface area contributed by atoms with Crippen LogP contribution in [0.15, 0.2) is 18.2 Å². The van der Waals surface area contributed by atoms with E-state index in [1.807, 2.05) is 11.0 Å². The number of nitriles is 1. The lowest BCUT2D eigenvalue weighted by atomic mass is 9.46. The molecule has 3 aliphatic rings. The summed E-state index contributed by atoms with van der Waals surface area (Å²) in [6, 6.07) is 6.12. The Morgan fingerprint density at radius 3 is 2.80 bits per heavy atom. The Kier molecular flexibility index (Phi) is 3.59. The van der Waals surface area contributed by atoms with Crippen LogP contribution in [0.1, 0.15) is 37.3 Å². The topological polar surface area (TPSA) is 62.6 Å². The largest absolute Gasteiger partial charge is 0.497 e. The van der Waals surface area contributed by atoms with Crippen LogP contribution < -0.4 is 4.74 Å². The van der Waals surface area contributed by atoms with E-state index in [9.17, 15) is 10.1 Å². The zero-order valence-electron chi connectivity index (χ0n) is 15.0. The van der Waals surface area contributed by atoms with Crippen LogP contribution in [0.5, 0.6) is 5.75 Å². The molecule has 0 spiro atoms. The van der Waals surface area contributed by atoms with Crippen LogP contribution >= 0.6 is 0 Å². The number of ether oxygens (including phenoxy) is 2. The third kappa shape index (κ3) is 1.89. The van der Waals surface area contributed by atoms with Crippen molar-refractivity contribution in [1.82, 2.24) is 4.90 Å². The van der Waals surface area contributed by atoms with Crippen molar-refractivity contribution in [2.45, 2.75) is 49.7 Å². The molecule has 2 fully saturated rings. The molecule has 1 unspecified atom stereocenters. The first-order valence-corrected chi connectivity index (χ1v) is 8.93. The van der Waals surface area contributed by atoms with Gasteiger partial charge in [0.25, 0.3) is 0 Å². The maximum atomic E-state index is 12.6. The number of Topliss-reactive ketones (excluding diaryl/α,β-unsaturated/α-hetero) is 1. The number of fused-ring (bicyclic) bond motifs is 1. The van der Waals surface area contributed by atoms with Crippen molar-refractivity contribution in [2.75, 3.05) is 20.8 Å². The van der Waals surface area contributed by atoms with Gasteiger partial charge in [-0.15, -0.1) is 0 Å². The fourth-order valence-electron chi connectivity index (χ4n) is 6.01. The van der Waals surface area contributed by atoms with Crippen LogP contribution in [-0.4, -0.2) is 43.1 Å². The average molecular weight is 340 g/mol. The Hall–Kier alpha value is -2.06. The fraction of sp³-hybridized carbons (Fsp3) is 0.600. The molecule has 0 radical (unpaired) electrons. The Bertz CT molecular complexity index is 771. The van der Waals surface area contributed by atoms with Crippen LogP contribution in [0.2, 0.25) is 0 Å². The lowest BCUT2D eigenvalue weighted by Gasteiger charge is -2.66. The standard InChI is InChI=1S/C20H24N2O3/c1-13-8-15(23)11-19-6-7-22(12-21)18(20(13,19)25-3)9-14-4-5-16(24-2)10-17(14)19/h4-5,10,13,18H,6-9,11H2,1-3H3/t13-,18+,19+,20?/m0/s1. The third-order valence-electron chi connectivity index (χ3n) is 6.88. The van der Waals surface area contributed by atoms with Gasteiger partial charge in [0.2, 0.25) is 0 Å². The number of nitrogens with zero attached hydrogens (tertiary/aromatic N) is 2. The maximum Gasteiger partial charge on any atom is 0.179 e. The molecule has 1 aromatic rings. The molecule has 4 rings (SSSR count). The smallest absolute Gasteiger partial charge is 0.179 e. The summed E-state index contributed by atoms with van der Waals surface area (Å²) in [6.45, 7) is 2.78. The molecule has 2 bridgehead atoms. The Morgan fingerprint density at radius 2 is 2.12 bits per heavy atom. The zero-order valence-corrected chi connectivity index (χ0v) is 15.0. The van der Waals surface area contributed by atoms with E-state index in [-0.39, 0.29) is 17.4 Å². The van der Waals surface area contributed by atoms with Gasteiger partial charge in [0.1, 0.15) is 17.1 Å². The number of carbonyl (C=O) groups is 1. The summed E-state index contributed by atoms with van der Waals surface area (Å²) in [5, 5.41) is 9.70. The highest BCUT2D eigenvalue weighted by atomic mass is 16.5. The van der Waals surface area contributed by atoms with Gasteiger partial charge in [0.05, 0.1) is 13.2 Å². The highest BCUT2D eigenvalue weighted by Crippen LogP contribution is 2.61. The second kappa shape index (κ2) is 5.47. The van der Waals surface area contributed by atoms with Crippen molar-refractivity contribution >= 4 is 5.78 Å². The molecular weight excluding hydrogens is 316 g/mol. The first kappa shape index (κ1) is 16.4. The molecule has 1 saturated carbocycles. The zero-order chi connectivity index (χ0) is 17.8. The molecule has 0 N–H and O–H groups in total. The third-order valence-corrected chi connectivity index (χ3v) is 6.88. The van der Waals surface area contributed by atoms with Crippen LogP contribution in [0.4, 0.5) is 0 Å². The summed E-state index contributed by atoms with van der Waals surface area (Å²) in [4.78, 5) is 14.5. The average Bonchev–Trinajstić information content (AvgIpc) is 2.61. The Labute approximate surface area is 148 Å². The molecule has 25 heavy (non-hydrogen) atoms. The minimum atomic E-state index is -0.520. The lowest BCUT2D eigenvalue weighted by Crippen LogP contribution is -2.75. The molecule has 5 heteroatoms. The highest BCUT2D eigenvalue weighted by Gasteiger charge is 2.68. The minimum absolute atomic E-state index is 0.0276. The van der Waals surface area contributed by atoms with E-state index >= 15 is 0 Å². The van der Waals surface area contributed by atoms with E-state index < -0.39 is 5.60 Å². The number of benzene rings is 1. The second-order valence-electron chi connectivity index (χ2n) is 7.69. The van der Waals surface area contributed by atoms with Crippen LogP contribution in [0.25, 0.3) is 0 Å². The van der Waals surface area contributed by atoms with Gasteiger partial charge in [0, 0.05) is 31.9 Å². The number of ketones is 1. The molecule has 1 saturated heterocycles. The van der Waals surface area contributed by atoms with E-state index in [1.54, 1.807) is 14.2 Å². The summed E-state index contributed by atoms with van der Waals surface area (Å²) in [7, 11) is 3.42. The van der Waals surface area contributed by atoms with Gasteiger partial charge >= 0.3 is 0 Å². The van der Waals surface area contributed by atoms with Crippen LogP contribution in [0.3, 0.4) is 0 Å². The molecule has 1 heterocycles. The summed E-state index contributed by atoms with van der Waals surface area (Å²) < 4.78 is 11.7. The van der Waals surface area contributed by atoms with Crippen molar-refractivity contribution in [2.24, 2.45) is 5.92 Å². The number of methoxy groups -OCH3 is 2. The van der Waals surface area contributed by atoms with E-state index in [2.05, 4.69) is 25.2 Å².